The van der Waals surface area contributed by atoms with Gasteiger partial charge >= 0.3 is 0 Å². The topological polar surface area (TPSA) is 69.5 Å². The zero-order valence-corrected chi connectivity index (χ0v) is 13.7. The third kappa shape index (κ3) is 5.04. The molecule has 0 saturated heterocycles. The molecule has 0 spiro atoms. The smallest absolute Gasteiger partial charge is 0.276 e. The first-order valence-electron chi connectivity index (χ1n) is 7.09. The number of hydrogen-bond donors (Lipinski definition) is 2. The highest BCUT2D eigenvalue weighted by molar-refractivity contribution is 6.30. The summed E-state index contributed by atoms with van der Waals surface area (Å²) < 4.78 is 0. The van der Waals surface area contributed by atoms with Crippen LogP contribution in [0.4, 0.5) is 0 Å². The van der Waals surface area contributed by atoms with Gasteiger partial charge in [0.05, 0.1) is 6.07 Å². The molecule has 1 amide bonds. The van der Waals surface area contributed by atoms with Gasteiger partial charge in [0.15, 0.2) is 6.54 Å². The molecule has 4 nitrogen and oxygen atoms in total. The summed E-state index contributed by atoms with van der Waals surface area (Å²) in [5.41, 5.74) is 0.285. The minimum absolute atomic E-state index is 0.0557. The van der Waals surface area contributed by atoms with Gasteiger partial charge in [-0.15, -0.1) is 0 Å². The molecule has 21 heavy (non-hydrogen) atoms. The first-order valence-corrected chi connectivity index (χ1v) is 7.47. The lowest BCUT2D eigenvalue weighted by molar-refractivity contribution is -0.682. The van der Waals surface area contributed by atoms with Crippen molar-refractivity contribution < 1.29 is 10.1 Å². The number of quaternary nitrogens is 1. The summed E-state index contributed by atoms with van der Waals surface area (Å²) in [7, 11) is 0. The van der Waals surface area contributed by atoms with Gasteiger partial charge in [0, 0.05) is 10.6 Å². The third-order valence-electron chi connectivity index (χ3n) is 3.84. The molecule has 0 bridgehead atoms. The van der Waals surface area contributed by atoms with Gasteiger partial charge in [0.2, 0.25) is 0 Å². The maximum Gasteiger partial charge on any atom is 0.276 e. The van der Waals surface area contributed by atoms with Crippen LogP contribution in [0, 0.1) is 17.2 Å². The molecular formula is C16H23ClN3O+. The van der Waals surface area contributed by atoms with Crippen LogP contribution >= 0.6 is 11.6 Å². The highest BCUT2D eigenvalue weighted by Crippen LogP contribution is 2.15. The number of rotatable bonds is 6. The van der Waals surface area contributed by atoms with E-state index in [1.165, 1.54) is 0 Å². The molecule has 0 radical (unpaired) electrons. The fraction of sp³-hybridized carbons (Fsp3) is 0.500. The number of benzene rings is 1. The van der Waals surface area contributed by atoms with Crippen molar-refractivity contribution in [1.82, 2.24) is 5.32 Å². The average Bonchev–Trinajstić information content (AvgIpc) is 2.45. The molecule has 0 saturated carbocycles. The monoisotopic (exact) mass is 308 g/mol. The minimum Gasteiger partial charge on any atom is -0.333 e. The summed E-state index contributed by atoms with van der Waals surface area (Å²) in [6.45, 7) is 7.90. The largest absolute Gasteiger partial charge is 0.333 e. The van der Waals surface area contributed by atoms with Gasteiger partial charge in [-0.1, -0.05) is 37.6 Å². The van der Waals surface area contributed by atoms with Crippen LogP contribution in [0.25, 0.3) is 0 Å². The zero-order valence-electron chi connectivity index (χ0n) is 13.0. The van der Waals surface area contributed by atoms with Crippen LogP contribution in [0.2, 0.25) is 5.02 Å². The number of nitriles is 1. The standard InChI is InChI=1S/C16H22ClN3O/c1-11(2)16(4,10-18)20-15(21)9-19-12(3)13-5-7-14(17)8-6-13/h5-8,11-12,19H,9H2,1-4H3,(H,20,21)/p+1/t12-,16+/m0/s1. The Bertz CT molecular complexity index is 521. The summed E-state index contributed by atoms with van der Waals surface area (Å²) in [6, 6.07) is 9.91. The van der Waals surface area contributed by atoms with Gasteiger partial charge in [0.25, 0.3) is 5.91 Å². The summed E-state index contributed by atoms with van der Waals surface area (Å²) in [6.07, 6.45) is 0. The molecule has 0 unspecified atom stereocenters. The van der Waals surface area contributed by atoms with E-state index < -0.39 is 5.54 Å². The summed E-state index contributed by atoms with van der Waals surface area (Å²) in [5.74, 6) is -0.0753. The molecular weight excluding hydrogens is 286 g/mol. The van der Waals surface area contributed by atoms with Crippen LogP contribution in [-0.2, 0) is 4.79 Å². The molecule has 1 rings (SSSR count). The van der Waals surface area contributed by atoms with Gasteiger partial charge in [-0.3, -0.25) is 4.79 Å². The molecule has 1 aromatic carbocycles. The molecule has 5 heteroatoms. The predicted molar refractivity (Wildman–Crippen MR) is 83.7 cm³/mol. The number of nitrogens with two attached hydrogens (primary N) is 1. The van der Waals surface area contributed by atoms with E-state index in [4.69, 9.17) is 11.6 Å². The molecule has 0 aliphatic rings. The van der Waals surface area contributed by atoms with Crippen LogP contribution < -0.4 is 10.6 Å². The third-order valence-corrected chi connectivity index (χ3v) is 4.09. The van der Waals surface area contributed by atoms with Crippen LogP contribution in [0.3, 0.4) is 0 Å². The van der Waals surface area contributed by atoms with Crippen LogP contribution in [0.1, 0.15) is 39.3 Å². The lowest BCUT2D eigenvalue weighted by Gasteiger charge is -2.27. The van der Waals surface area contributed by atoms with E-state index in [9.17, 15) is 10.1 Å². The van der Waals surface area contributed by atoms with Crippen LogP contribution in [-0.4, -0.2) is 18.0 Å². The van der Waals surface area contributed by atoms with Gasteiger partial charge in [-0.05, 0) is 31.9 Å². The number of amides is 1. The Morgan fingerprint density at radius 3 is 2.43 bits per heavy atom. The Morgan fingerprint density at radius 1 is 1.38 bits per heavy atom. The van der Waals surface area contributed by atoms with E-state index in [1.807, 2.05) is 50.4 Å². The Kier molecular flexibility index (Phi) is 6.19. The van der Waals surface area contributed by atoms with E-state index in [0.29, 0.717) is 5.02 Å². The lowest BCUT2D eigenvalue weighted by atomic mass is 9.90. The lowest BCUT2D eigenvalue weighted by Crippen LogP contribution is -2.87. The van der Waals surface area contributed by atoms with Crippen molar-refractivity contribution in [1.29, 1.82) is 5.26 Å². The van der Waals surface area contributed by atoms with Crippen molar-refractivity contribution in [2.45, 2.75) is 39.3 Å². The minimum atomic E-state index is -0.825. The Balaban J connectivity index is 2.53. The van der Waals surface area contributed by atoms with Crippen molar-refractivity contribution in [2.24, 2.45) is 5.92 Å². The highest BCUT2D eigenvalue weighted by Gasteiger charge is 2.30. The number of nitrogens with one attached hydrogen (secondary N) is 1. The second-order valence-corrected chi connectivity index (χ2v) is 6.23. The molecule has 0 heterocycles. The van der Waals surface area contributed by atoms with Gasteiger partial charge in [-0.2, -0.15) is 5.26 Å². The number of nitrogens with zero attached hydrogens (tertiary/aromatic N) is 1. The average molecular weight is 309 g/mol. The molecule has 2 atom stereocenters. The number of carbonyl (C=O) groups excluding carboxylic acids is 1. The van der Waals surface area contributed by atoms with Crippen molar-refractivity contribution in [3.05, 3.63) is 34.9 Å². The van der Waals surface area contributed by atoms with Crippen LogP contribution in [0.5, 0.6) is 0 Å². The predicted octanol–water partition coefficient (Wildman–Crippen LogP) is 2.02. The second-order valence-electron chi connectivity index (χ2n) is 5.80. The Morgan fingerprint density at radius 2 is 1.95 bits per heavy atom. The first-order chi connectivity index (χ1) is 9.78. The van der Waals surface area contributed by atoms with Crippen molar-refractivity contribution >= 4 is 17.5 Å². The van der Waals surface area contributed by atoms with E-state index in [-0.39, 0.29) is 24.4 Å². The SMILES string of the molecule is CC(C)[C@@](C)(C#N)NC(=O)C[NH2+][C@@H](C)c1ccc(Cl)cc1. The van der Waals surface area contributed by atoms with Crippen molar-refractivity contribution in [3.8, 4) is 6.07 Å². The fourth-order valence-electron chi connectivity index (χ4n) is 1.83. The number of halogens is 1. The maximum atomic E-state index is 12.0. The zero-order chi connectivity index (χ0) is 16.0. The molecule has 0 aromatic heterocycles. The molecule has 3 N–H and O–H groups in total. The Hall–Kier alpha value is -1.57. The Labute approximate surface area is 131 Å². The van der Waals surface area contributed by atoms with Gasteiger partial charge in [-0.25, -0.2) is 0 Å². The van der Waals surface area contributed by atoms with Gasteiger partial charge < -0.3 is 10.6 Å². The molecule has 0 aliphatic carbocycles. The second kappa shape index (κ2) is 7.44. The molecule has 1 aromatic rings. The molecule has 0 aliphatic heterocycles. The van der Waals surface area contributed by atoms with Gasteiger partial charge in [0.1, 0.15) is 11.6 Å². The maximum absolute atomic E-state index is 12.0. The van der Waals surface area contributed by atoms with E-state index in [1.54, 1.807) is 6.92 Å². The van der Waals surface area contributed by atoms with Crippen LogP contribution in [0.15, 0.2) is 24.3 Å². The molecule has 114 valence electrons. The number of carbonyl (C=O) groups is 1. The van der Waals surface area contributed by atoms with E-state index in [0.717, 1.165) is 5.56 Å². The first kappa shape index (κ1) is 17.5. The van der Waals surface area contributed by atoms with E-state index in [2.05, 4.69) is 11.4 Å². The normalized spacial score (nSPS) is 15.1. The van der Waals surface area contributed by atoms with Crippen molar-refractivity contribution in [3.63, 3.8) is 0 Å². The molecule has 0 fully saturated rings. The van der Waals surface area contributed by atoms with Crippen molar-refractivity contribution in [2.75, 3.05) is 6.54 Å². The van der Waals surface area contributed by atoms with E-state index >= 15 is 0 Å². The summed E-state index contributed by atoms with van der Waals surface area (Å²) in [4.78, 5) is 12.0. The summed E-state index contributed by atoms with van der Waals surface area (Å²) in [5, 5.41) is 14.6. The fourth-order valence-corrected chi connectivity index (χ4v) is 1.95. The number of hydrogen-bond acceptors (Lipinski definition) is 2. The quantitative estimate of drug-likeness (QED) is 0.844. The highest BCUT2D eigenvalue weighted by atomic mass is 35.5. The summed E-state index contributed by atoms with van der Waals surface area (Å²) >= 11 is 5.86.